The van der Waals surface area contributed by atoms with Gasteiger partial charge in [-0.2, -0.15) is 5.10 Å². The smallest absolute Gasteiger partial charge is 0.271 e. The Kier molecular flexibility index (Phi) is 7.18. The van der Waals surface area contributed by atoms with E-state index in [0.717, 1.165) is 0 Å². The van der Waals surface area contributed by atoms with Gasteiger partial charge in [0.1, 0.15) is 17.3 Å². The first kappa shape index (κ1) is 21.8. The average molecular weight is 442 g/mol. The molecular formula is C22H17ClFN3O4. The molecule has 0 heterocycles. The van der Waals surface area contributed by atoms with Gasteiger partial charge < -0.3 is 15.2 Å². The van der Waals surface area contributed by atoms with E-state index >= 15 is 0 Å². The lowest BCUT2D eigenvalue weighted by Crippen LogP contribution is -2.20. The molecule has 0 saturated heterocycles. The molecule has 0 unspecified atom stereocenters. The van der Waals surface area contributed by atoms with Crippen LogP contribution >= 0.6 is 11.6 Å². The zero-order valence-electron chi connectivity index (χ0n) is 16.0. The van der Waals surface area contributed by atoms with Gasteiger partial charge in [-0.15, -0.1) is 0 Å². The standard InChI is InChI=1S/C22H17ClFN3O4/c23-17-10-14(12-25-27-22(30)15-4-3-5-16(28)11-15)8-9-20(17)31-13-21(29)26-19-7-2-1-6-18(19)24/h1-12,28H,13H2,(H,26,29)(H,27,30). The first-order chi connectivity index (χ1) is 14.9. The Balaban J connectivity index is 1.53. The number of ether oxygens (including phenoxy) is 1. The summed E-state index contributed by atoms with van der Waals surface area (Å²) in [5.41, 5.74) is 3.23. The van der Waals surface area contributed by atoms with Crippen LogP contribution in [0.25, 0.3) is 0 Å². The Morgan fingerprint density at radius 1 is 1.10 bits per heavy atom. The summed E-state index contributed by atoms with van der Waals surface area (Å²) in [5.74, 6) is -1.35. The van der Waals surface area contributed by atoms with Gasteiger partial charge in [-0.05, 0) is 54.1 Å². The fourth-order valence-electron chi connectivity index (χ4n) is 2.48. The number of anilines is 1. The predicted octanol–water partition coefficient (Wildman–Crippen LogP) is 3.97. The molecule has 0 bridgehead atoms. The van der Waals surface area contributed by atoms with E-state index in [1.54, 1.807) is 18.2 Å². The molecule has 31 heavy (non-hydrogen) atoms. The lowest BCUT2D eigenvalue weighted by molar-refractivity contribution is -0.118. The number of amides is 2. The molecule has 0 aliphatic rings. The van der Waals surface area contributed by atoms with E-state index in [1.807, 2.05) is 0 Å². The van der Waals surface area contributed by atoms with Crippen molar-refractivity contribution >= 4 is 35.3 Å². The molecule has 3 aromatic rings. The number of carbonyl (C=O) groups excluding carboxylic acids is 2. The van der Waals surface area contributed by atoms with Crippen LogP contribution in [0.5, 0.6) is 11.5 Å². The number of rotatable bonds is 7. The van der Waals surface area contributed by atoms with Crippen LogP contribution in [-0.4, -0.2) is 29.7 Å². The monoisotopic (exact) mass is 441 g/mol. The first-order valence-electron chi connectivity index (χ1n) is 9.01. The van der Waals surface area contributed by atoms with Crippen LogP contribution in [0, 0.1) is 5.82 Å². The highest BCUT2D eigenvalue weighted by Gasteiger charge is 2.09. The van der Waals surface area contributed by atoms with Crippen LogP contribution in [0.3, 0.4) is 0 Å². The number of halogens is 2. The number of phenols is 1. The Morgan fingerprint density at radius 2 is 1.90 bits per heavy atom. The molecule has 0 aromatic heterocycles. The van der Waals surface area contributed by atoms with Crippen molar-refractivity contribution in [3.63, 3.8) is 0 Å². The van der Waals surface area contributed by atoms with E-state index in [2.05, 4.69) is 15.8 Å². The van der Waals surface area contributed by atoms with E-state index < -0.39 is 17.6 Å². The van der Waals surface area contributed by atoms with Gasteiger partial charge in [0.15, 0.2) is 6.61 Å². The van der Waals surface area contributed by atoms with Gasteiger partial charge >= 0.3 is 0 Å². The Morgan fingerprint density at radius 3 is 2.65 bits per heavy atom. The fourth-order valence-corrected chi connectivity index (χ4v) is 2.73. The van der Waals surface area contributed by atoms with Gasteiger partial charge in [-0.3, -0.25) is 9.59 Å². The summed E-state index contributed by atoms with van der Waals surface area (Å²) in [7, 11) is 0. The second-order valence-corrected chi connectivity index (χ2v) is 6.66. The number of nitrogens with zero attached hydrogens (tertiary/aromatic N) is 1. The average Bonchev–Trinajstić information content (AvgIpc) is 2.74. The molecule has 0 atom stereocenters. The second-order valence-electron chi connectivity index (χ2n) is 6.26. The summed E-state index contributed by atoms with van der Waals surface area (Å²) < 4.78 is 18.9. The zero-order valence-corrected chi connectivity index (χ0v) is 16.8. The van der Waals surface area contributed by atoms with Crippen LogP contribution in [0.15, 0.2) is 71.8 Å². The topological polar surface area (TPSA) is 100 Å². The largest absolute Gasteiger partial charge is 0.508 e. The molecule has 0 spiro atoms. The third kappa shape index (κ3) is 6.28. The molecule has 158 valence electrons. The predicted molar refractivity (Wildman–Crippen MR) is 115 cm³/mol. The summed E-state index contributed by atoms with van der Waals surface area (Å²) in [6.07, 6.45) is 1.38. The SMILES string of the molecule is O=C(COc1ccc(C=NNC(=O)c2cccc(O)c2)cc1Cl)Nc1ccccc1F. The van der Waals surface area contributed by atoms with Gasteiger partial charge in [-0.1, -0.05) is 29.8 Å². The normalized spacial score (nSPS) is 10.6. The molecule has 3 rings (SSSR count). The van der Waals surface area contributed by atoms with Crippen molar-refractivity contribution in [1.29, 1.82) is 0 Å². The molecule has 0 fully saturated rings. The van der Waals surface area contributed by atoms with Crippen molar-refractivity contribution < 1.29 is 23.8 Å². The number of hydrogen-bond donors (Lipinski definition) is 3. The van der Waals surface area contributed by atoms with Gasteiger partial charge in [0.05, 0.1) is 16.9 Å². The van der Waals surface area contributed by atoms with Crippen molar-refractivity contribution in [1.82, 2.24) is 5.43 Å². The van der Waals surface area contributed by atoms with E-state index in [-0.39, 0.29) is 34.4 Å². The highest BCUT2D eigenvalue weighted by Crippen LogP contribution is 2.25. The van der Waals surface area contributed by atoms with Crippen molar-refractivity contribution in [3.8, 4) is 11.5 Å². The van der Waals surface area contributed by atoms with E-state index in [1.165, 1.54) is 54.7 Å². The Bertz CT molecular complexity index is 1140. The number of benzene rings is 3. The minimum atomic E-state index is -0.548. The lowest BCUT2D eigenvalue weighted by Gasteiger charge is -2.09. The maximum Gasteiger partial charge on any atom is 0.271 e. The fraction of sp³-hybridized carbons (Fsp3) is 0.0455. The molecule has 7 nitrogen and oxygen atoms in total. The van der Waals surface area contributed by atoms with E-state index in [0.29, 0.717) is 5.56 Å². The van der Waals surface area contributed by atoms with Crippen LogP contribution in [-0.2, 0) is 4.79 Å². The van der Waals surface area contributed by atoms with Crippen LogP contribution in [0.1, 0.15) is 15.9 Å². The third-order valence-corrected chi connectivity index (χ3v) is 4.25. The number of aromatic hydroxyl groups is 1. The summed E-state index contributed by atoms with van der Waals surface area (Å²) in [6.45, 7) is -0.360. The Hall–Kier alpha value is -3.91. The maximum absolute atomic E-state index is 13.6. The van der Waals surface area contributed by atoms with Crippen molar-refractivity contribution in [2.45, 2.75) is 0 Å². The van der Waals surface area contributed by atoms with Crippen LogP contribution in [0.2, 0.25) is 5.02 Å². The summed E-state index contributed by atoms with van der Waals surface area (Å²) in [6, 6.07) is 16.3. The minimum Gasteiger partial charge on any atom is -0.508 e. The van der Waals surface area contributed by atoms with Gasteiger partial charge in [0.2, 0.25) is 0 Å². The molecule has 0 saturated carbocycles. The molecule has 3 N–H and O–H groups in total. The summed E-state index contributed by atoms with van der Waals surface area (Å²) in [4.78, 5) is 23.9. The number of para-hydroxylation sites is 1. The molecule has 3 aromatic carbocycles. The Labute approximate surface area is 182 Å². The van der Waals surface area contributed by atoms with Gasteiger partial charge in [0, 0.05) is 5.56 Å². The molecule has 0 aliphatic heterocycles. The van der Waals surface area contributed by atoms with Crippen molar-refractivity contribution in [2.24, 2.45) is 5.10 Å². The minimum absolute atomic E-state index is 0.0263. The quantitative estimate of drug-likeness (QED) is 0.381. The highest BCUT2D eigenvalue weighted by atomic mass is 35.5. The van der Waals surface area contributed by atoms with Gasteiger partial charge in [0.25, 0.3) is 11.8 Å². The zero-order chi connectivity index (χ0) is 22.2. The second kappa shape index (κ2) is 10.2. The summed E-state index contributed by atoms with van der Waals surface area (Å²) >= 11 is 6.16. The molecule has 9 heteroatoms. The molecule has 0 aliphatic carbocycles. The number of nitrogens with one attached hydrogen (secondary N) is 2. The highest BCUT2D eigenvalue weighted by molar-refractivity contribution is 6.32. The molecular weight excluding hydrogens is 425 g/mol. The van der Waals surface area contributed by atoms with Crippen LogP contribution < -0.4 is 15.5 Å². The van der Waals surface area contributed by atoms with E-state index in [4.69, 9.17) is 16.3 Å². The van der Waals surface area contributed by atoms with E-state index in [9.17, 15) is 19.1 Å². The number of hydrazone groups is 1. The van der Waals surface area contributed by atoms with Crippen LogP contribution in [0.4, 0.5) is 10.1 Å². The maximum atomic E-state index is 13.6. The number of hydrogen-bond acceptors (Lipinski definition) is 5. The first-order valence-corrected chi connectivity index (χ1v) is 9.39. The van der Waals surface area contributed by atoms with Crippen molar-refractivity contribution in [2.75, 3.05) is 11.9 Å². The third-order valence-electron chi connectivity index (χ3n) is 3.95. The molecule has 0 radical (unpaired) electrons. The van der Waals surface area contributed by atoms with Gasteiger partial charge in [-0.25, -0.2) is 9.82 Å². The number of phenolic OH excluding ortho intramolecular Hbond substituents is 1. The van der Waals surface area contributed by atoms with Crippen molar-refractivity contribution in [3.05, 3.63) is 88.7 Å². The lowest BCUT2D eigenvalue weighted by atomic mass is 10.2. The number of carbonyl (C=O) groups is 2. The summed E-state index contributed by atoms with van der Waals surface area (Å²) in [5, 5.41) is 15.9. The molecule has 2 amide bonds.